The summed E-state index contributed by atoms with van der Waals surface area (Å²) in [5.74, 6) is 0. The van der Waals surface area contributed by atoms with Crippen LogP contribution in [-0.2, 0) is 6.54 Å². The zero-order chi connectivity index (χ0) is 12.5. The number of hydrogen-bond donors (Lipinski definition) is 1. The summed E-state index contributed by atoms with van der Waals surface area (Å²) >= 11 is 0. The number of aromatic nitrogens is 1. The molecule has 0 atom stereocenters. The van der Waals surface area contributed by atoms with Gasteiger partial charge in [-0.15, -0.1) is 0 Å². The van der Waals surface area contributed by atoms with Crippen LogP contribution in [0.2, 0.25) is 0 Å². The van der Waals surface area contributed by atoms with E-state index in [1.807, 2.05) is 0 Å². The summed E-state index contributed by atoms with van der Waals surface area (Å²) in [5, 5.41) is 3.59. The predicted molar refractivity (Wildman–Crippen MR) is 75.1 cm³/mol. The van der Waals surface area contributed by atoms with Crippen LogP contribution in [0, 0.1) is 13.8 Å². The summed E-state index contributed by atoms with van der Waals surface area (Å²) in [5.41, 5.74) is 5.34. The van der Waals surface area contributed by atoms with E-state index in [1.54, 1.807) is 0 Å². The van der Waals surface area contributed by atoms with Gasteiger partial charge in [0.25, 0.3) is 0 Å². The molecule has 2 aromatic rings. The quantitative estimate of drug-likeness (QED) is 0.867. The van der Waals surface area contributed by atoms with Crippen molar-refractivity contribution in [3.63, 3.8) is 0 Å². The van der Waals surface area contributed by atoms with Gasteiger partial charge in [-0.05, 0) is 50.5 Å². The molecule has 2 heteroatoms. The maximum atomic E-state index is 3.59. The molecule has 0 amide bonds. The Morgan fingerprint density at radius 2 is 1.89 bits per heavy atom. The van der Waals surface area contributed by atoms with E-state index < -0.39 is 0 Å². The molecule has 0 bridgehead atoms. The summed E-state index contributed by atoms with van der Waals surface area (Å²) < 4.78 is 2.34. The molecule has 1 heterocycles. The molecule has 2 nitrogen and oxygen atoms in total. The lowest BCUT2D eigenvalue weighted by atomic mass is 10.2. The minimum absolute atomic E-state index is 0.768. The summed E-state index contributed by atoms with van der Waals surface area (Å²) in [6.45, 7) is 5.39. The third kappa shape index (κ3) is 2.21. The maximum absolute atomic E-state index is 3.59. The second kappa shape index (κ2) is 4.62. The first-order valence-corrected chi connectivity index (χ1v) is 6.72. The molecule has 0 aliphatic heterocycles. The van der Waals surface area contributed by atoms with E-state index in [1.165, 1.54) is 35.5 Å². The molecule has 1 aliphatic rings. The molecular weight excluding hydrogens is 220 g/mol. The summed E-state index contributed by atoms with van der Waals surface area (Å²) in [4.78, 5) is 0. The van der Waals surface area contributed by atoms with Crippen LogP contribution in [-0.4, -0.2) is 10.6 Å². The molecule has 0 unspecified atom stereocenters. The van der Waals surface area contributed by atoms with E-state index >= 15 is 0 Å². The molecule has 1 fully saturated rings. The van der Waals surface area contributed by atoms with E-state index in [0.717, 1.165) is 12.6 Å². The largest absolute Gasteiger partial charge is 0.318 e. The lowest BCUT2D eigenvalue weighted by Gasteiger charge is -2.10. The van der Waals surface area contributed by atoms with Gasteiger partial charge in [-0.3, -0.25) is 0 Å². The summed E-state index contributed by atoms with van der Waals surface area (Å²) in [7, 11) is 0. The average Bonchev–Trinajstić information content (AvgIpc) is 3.15. The van der Waals surface area contributed by atoms with Crippen molar-refractivity contribution in [3.8, 4) is 5.69 Å². The highest BCUT2D eigenvalue weighted by atomic mass is 15.0. The van der Waals surface area contributed by atoms with Gasteiger partial charge in [-0.2, -0.15) is 0 Å². The molecule has 18 heavy (non-hydrogen) atoms. The van der Waals surface area contributed by atoms with Crippen LogP contribution in [0.3, 0.4) is 0 Å². The van der Waals surface area contributed by atoms with Crippen molar-refractivity contribution in [2.24, 2.45) is 0 Å². The zero-order valence-electron chi connectivity index (χ0n) is 11.1. The second-order valence-corrected chi connectivity index (χ2v) is 5.22. The fourth-order valence-corrected chi connectivity index (χ4v) is 2.52. The molecular formula is C16H20N2. The first-order chi connectivity index (χ1) is 8.75. The summed E-state index contributed by atoms with van der Waals surface area (Å²) in [6, 6.07) is 13.7. The zero-order valence-corrected chi connectivity index (χ0v) is 11.1. The van der Waals surface area contributed by atoms with Crippen molar-refractivity contribution in [1.82, 2.24) is 9.88 Å². The van der Waals surface area contributed by atoms with E-state index in [-0.39, 0.29) is 0 Å². The first kappa shape index (κ1) is 11.5. The van der Waals surface area contributed by atoms with Crippen LogP contribution < -0.4 is 5.32 Å². The highest BCUT2D eigenvalue weighted by Gasteiger charge is 2.21. The Kier molecular flexibility index (Phi) is 2.96. The molecule has 1 aromatic carbocycles. The SMILES string of the molecule is Cc1cc(CNC2CC2)c(C)n1-c1ccccc1. The average molecular weight is 240 g/mol. The number of aryl methyl sites for hydroxylation is 1. The number of nitrogens with one attached hydrogen (secondary N) is 1. The van der Waals surface area contributed by atoms with E-state index in [4.69, 9.17) is 0 Å². The van der Waals surface area contributed by atoms with Crippen LogP contribution in [0.15, 0.2) is 36.4 Å². The number of para-hydroxylation sites is 1. The van der Waals surface area contributed by atoms with Crippen molar-refractivity contribution >= 4 is 0 Å². The molecule has 0 spiro atoms. The third-order valence-electron chi connectivity index (χ3n) is 3.71. The highest BCUT2D eigenvalue weighted by molar-refractivity contribution is 5.40. The van der Waals surface area contributed by atoms with Gasteiger partial charge in [0, 0.05) is 29.7 Å². The minimum atomic E-state index is 0.768. The molecule has 1 N–H and O–H groups in total. The Morgan fingerprint density at radius 1 is 1.17 bits per heavy atom. The van der Waals surface area contributed by atoms with Crippen molar-refractivity contribution in [2.45, 2.75) is 39.3 Å². The number of hydrogen-bond acceptors (Lipinski definition) is 1. The van der Waals surface area contributed by atoms with Crippen molar-refractivity contribution in [2.75, 3.05) is 0 Å². The lowest BCUT2D eigenvalue weighted by Crippen LogP contribution is -2.15. The fraction of sp³-hybridized carbons (Fsp3) is 0.375. The van der Waals surface area contributed by atoms with Crippen LogP contribution in [0.4, 0.5) is 0 Å². The van der Waals surface area contributed by atoms with Crippen LogP contribution in [0.5, 0.6) is 0 Å². The van der Waals surface area contributed by atoms with E-state index in [9.17, 15) is 0 Å². The van der Waals surface area contributed by atoms with Gasteiger partial charge in [0.1, 0.15) is 0 Å². The van der Waals surface area contributed by atoms with Gasteiger partial charge in [0.05, 0.1) is 0 Å². The molecule has 94 valence electrons. The third-order valence-corrected chi connectivity index (χ3v) is 3.71. The number of rotatable bonds is 4. The van der Waals surface area contributed by atoms with E-state index in [0.29, 0.717) is 0 Å². The van der Waals surface area contributed by atoms with Crippen molar-refractivity contribution in [1.29, 1.82) is 0 Å². The Bertz CT molecular complexity index is 536. The van der Waals surface area contributed by atoms with Gasteiger partial charge in [0.15, 0.2) is 0 Å². The van der Waals surface area contributed by atoms with Crippen LogP contribution in [0.1, 0.15) is 29.8 Å². The van der Waals surface area contributed by atoms with Gasteiger partial charge < -0.3 is 9.88 Å². The minimum Gasteiger partial charge on any atom is -0.318 e. The second-order valence-electron chi connectivity index (χ2n) is 5.22. The fourth-order valence-electron chi connectivity index (χ4n) is 2.52. The maximum Gasteiger partial charge on any atom is 0.0455 e. The summed E-state index contributed by atoms with van der Waals surface area (Å²) in [6.07, 6.45) is 2.69. The standard InChI is InChI=1S/C16H20N2/c1-12-10-14(11-17-15-8-9-15)13(2)18(12)16-6-4-3-5-7-16/h3-7,10,15,17H,8-9,11H2,1-2H3. The molecule has 1 aliphatic carbocycles. The normalized spacial score (nSPS) is 15.0. The van der Waals surface area contributed by atoms with Gasteiger partial charge in [0.2, 0.25) is 0 Å². The molecule has 1 saturated carbocycles. The molecule has 1 aromatic heterocycles. The highest BCUT2D eigenvalue weighted by Crippen LogP contribution is 2.23. The smallest absolute Gasteiger partial charge is 0.0455 e. The monoisotopic (exact) mass is 240 g/mol. The molecule has 0 saturated heterocycles. The Hall–Kier alpha value is -1.54. The van der Waals surface area contributed by atoms with Gasteiger partial charge in [-0.1, -0.05) is 18.2 Å². The van der Waals surface area contributed by atoms with Crippen molar-refractivity contribution < 1.29 is 0 Å². The molecule has 3 rings (SSSR count). The Balaban J connectivity index is 1.89. The van der Waals surface area contributed by atoms with Gasteiger partial charge >= 0.3 is 0 Å². The number of benzene rings is 1. The Morgan fingerprint density at radius 3 is 2.56 bits per heavy atom. The first-order valence-electron chi connectivity index (χ1n) is 6.72. The predicted octanol–water partition coefficient (Wildman–Crippen LogP) is 3.35. The Labute approximate surface area is 109 Å². The number of nitrogens with zero attached hydrogens (tertiary/aromatic N) is 1. The van der Waals surface area contributed by atoms with Crippen LogP contribution in [0.25, 0.3) is 5.69 Å². The van der Waals surface area contributed by atoms with Gasteiger partial charge in [-0.25, -0.2) is 0 Å². The lowest BCUT2D eigenvalue weighted by molar-refractivity contribution is 0.684. The molecule has 0 radical (unpaired) electrons. The van der Waals surface area contributed by atoms with E-state index in [2.05, 4.69) is 60.1 Å². The van der Waals surface area contributed by atoms with Crippen LogP contribution >= 0.6 is 0 Å². The topological polar surface area (TPSA) is 17.0 Å². The van der Waals surface area contributed by atoms with Crippen molar-refractivity contribution in [3.05, 3.63) is 53.3 Å².